The SMILES string of the molecule is Cc1cc2cc(n1)-c1cnn(C)c1OCCC[C@@H](CF)Cn1c(nc3cc(NCCN4CCOCC4)ccc31)NC2=O. The van der Waals surface area contributed by atoms with Gasteiger partial charge in [-0.2, -0.15) is 5.10 Å². The first-order valence-electron chi connectivity index (χ1n) is 14.5. The van der Waals surface area contributed by atoms with E-state index in [-0.39, 0.29) is 11.8 Å². The quantitative estimate of drug-likeness (QED) is 0.368. The number of fused-ring (bicyclic) bond motifs is 7. The van der Waals surface area contributed by atoms with Crippen LogP contribution in [-0.2, 0) is 18.3 Å². The van der Waals surface area contributed by atoms with Gasteiger partial charge in [-0.25, -0.2) is 9.67 Å². The fourth-order valence-corrected chi connectivity index (χ4v) is 5.60. The minimum Gasteiger partial charge on any atom is -0.477 e. The van der Waals surface area contributed by atoms with E-state index in [1.54, 1.807) is 30.1 Å². The van der Waals surface area contributed by atoms with Crippen LogP contribution in [0.3, 0.4) is 0 Å². The second kappa shape index (κ2) is 12.5. The Morgan fingerprint density at radius 1 is 1.14 bits per heavy atom. The van der Waals surface area contributed by atoms with Gasteiger partial charge in [0.15, 0.2) is 0 Å². The third-order valence-electron chi connectivity index (χ3n) is 7.86. The lowest BCUT2D eigenvalue weighted by Crippen LogP contribution is -2.38. The van der Waals surface area contributed by atoms with E-state index in [1.807, 2.05) is 29.7 Å². The molecule has 222 valence electrons. The second-order valence-corrected chi connectivity index (χ2v) is 11.0. The molecule has 2 N–H and O–H groups in total. The highest BCUT2D eigenvalue weighted by Gasteiger charge is 2.22. The van der Waals surface area contributed by atoms with E-state index in [0.29, 0.717) is 60.3 Å². The third-order valence-corrected chi connectivity index (χ3v) is 7.86. The minimum atomic E-state index is -0.491. The molecule has 1 saturated heterocycles. The number of amides is 1. The Morgan fingerprint density at radius 3 is 2.83 bits per heavy atom. The molecule has 1 fully saturated rings. The summed E-state index contributed by atoms with van der Waals surface area (Å²) in [6.07, 6.45) is 2.97. The molecular formula is C30H37FN8O3. The van der Waals surface area contributed by atoms with E-state index in [1.165, 1.54) is 0 Å². The summed E-state index contributed by atoms with van der Waals surface area (Å²) < 4.78 is 29.4. The van der Waals surface area contributed by atoms with Gasteiger partial charge >= 0.3 is 0 Å². The van der Waals surface area contributed by atoms with Crippen LogP contribution in [0.15, 0.2) is 36.5 Å². The summed E-state index contributed by atoms with van der Waals surface area (Å²) >= 11 is 0. The number of hydrogen-bond acceptors (Lipinski definition) is 8. The average Bonchev–Trinajstić information content (AvgIpc) is 3.53. The number of hydrogen-bond donors (Lipinski definition) is 2. The number of aromatic nitrogens is 5. The lowest BCUT2D eigenvalue weighted by atomic mass is 10.0. The van der Waals surface area contributed by atoms with Gasteiger partial charge in [-0.05, 0) is 50.1 Å². The van der Waals surface area contributed by atoms with Crippen LogP contribution in [0, 0.1) is 12.8 Å². The number of carbonyl (C=O) groups is 1. The van der Waals surface area contributed by atoms with Gasteiger partial charge in [0.05, 0.1) is 55.0 Å². The molecule has 1 atom stereocenters. The van der Waals surface area contributed by atoms with E-state index in [9.17, 15) is 9.18 Å². The monoisotopic (exact) mass is 576 g/mol. The van der Waals surface area contributed by atoms with Crippen molar-refractivity contribution in [1.82, 2.24) is 29.2 Å². The molecule has 4 aromatic rings. The maximum absolute atomic E-state index is 14.3. The van der Waals surface area contributed by atoms with Crippen LogP contribution >= 0.6 is 0 Å². The maximum Gasteiger partial charge on any atom is 0.258 e. The van der Waals surface area contributed by atoms with E-state index in [2.05, 4.69) is 25.6 Å². The summed E-state index contributed by atoms with van der Waals surface area (Å²) in [6.45, 7) is 7.30. The van der Waals surface area contributed by atoms with Gasteiger partial charge in [0.2, 0.25) is 11.8 Å². The van der Waals surface area contributed by atoms with Gasteiger partial charge in [0.25, 0.3) is 5.91 Å². The number of pyridine rings is 1. The number of halogens is 1. The topological polar surface area (TPSA) is 111 Å². The predicted molar refractivity (Wildman–Crippen MR) is 159 cm³/mol. The number of carbonyl (C=O) groups excluding carboxylic acids is 1. The molecule has 12 heteroatoms. The summed E-state index contributed by atoms with van der Waals surface area (Å²) in [4.78, 5) is 25.4. The highest BCUT2D eigenvalue weighted by Crippen LogP contribution is 2.31. The lowest BCUT2D eigenvalue weighted by molar-refractivity contribution is 0.0398. The van der Waals surface area contributed by atoms with Gasteiger partial charge < -0.3 is 19.4 Å². The van der Waals surface area contributed by atoms with Crippen LogP contribution in [0.1, 0.15) is 28.9 Å². The molecule has 3 aromatic heterocycles. The zero-order chi connectivity index (χ0) is 29.1. The zero-order valence-corrected chi connectivity index (χ0v) is 24.1. The molecule has 11 nitrogen and oxygen atoms in total. The minimum absolute atomic E-state index is 0.269. The van der Waals surface area contributed by atoms with Crippen LogP contribution in [0.4, 0.5) is 16.0 Å². The Bertz CT molecular complexity index is 1560. The Morgan fingerprint density at radius 2 is 2.00 bits per heavy atom. The van der Waals surface area contributed by atoms with Gasteiger partial charge in [0.1, 0.15) is 0 Å². The van der Waals surface area contributed by atoms with Crippen molar-refractivity contribution in [2.24, 2.45) is 13.0 Å². The average molecular weight is 577 g/mol. The first kappa shape index (κ1) is 28.1. The van der Waals surface area contributed by atoms with Crippen molar-refractivity contribution in [3.63, 3.8) is 0 Å². The molecule has 2 aliphatic rings. The second-order valence-electron chi connectivity index (χ2n) is 11.0. The first-order valence-corrected chi connectivity index (χ1v) is 14.5. The molecule has 42 heavy (non-hydrogen) atoms. The third kappa shape index (κ3) is 6.09. The molecular weight excluding hydrogens is 539 g/mol. The van der Waals surface area contributed by atoms with E-state index in [0.717, 1.165) is 56.1 Å². The van der Waals surface area contributed by atoms with Gasteiger partial charge in [0, 0.05) is 62.6 Å². The summed E-state index contributed by atoms with van der Waals surface area (Å²) in [7, 11) is 1.80. The van der Waals surface area contributed by atoms with Gasteiger partial charge in [-0.15, -0.1) is 0 Å². The highest BCUT2D eigenvalue weighted by atomic mass is 19.1. The van der Waals surface area contributed by atoms with Crippen molar-refractivity contribution >= 4 is 28.6 Å². The summed E-state index contributed by atoms with van der Waals surface area (Å²) in [6, 6.07) is 9.45. The zero-order valence-electron chi connectivity index (χ0n) is 24.1. The van der Waals surface area contributed by atoms with Crippen LogP contribution in [-0.4, -0.2) is 87.8 Å². The Labute approximate surface area is 244 Å². The summed E-state index contributed by atoms with van der Waals surface area (Å²) in [5, 5.41) is 10.8. The highest BCUT2D eigenvalue weighted by molar-refractivity contribution is 6.05. The number of alkyl halides is 1. The van der Waals surface area contributed by atoms with Gasteiger partial charge in [-0.1, -0.05) is 0 Å². The number of nitrogens with one attached hydrogen (secondary N) is 2. The van der Waals surface area contributed by atoms with Crippen molar-refractivity contribution in [2.75, 3.05) is 63.3 Å². The molecule has 1 amide bonds. The number of anilines is 2. The first-order chi connectivity index (χ1) is 20.5. The van der Waals surface area contributed by atoms with Crippen molar-refractivity contribution in [1.29, 1.82) is 0 Å². The van der Waals surface area contributed by atoms with E-state index in [4.69, 9.17) is 14.5 Å². The number of aryl methyl sites for hydroxylation is 2. The van der Waals surface area contributed by atoms with Crippen LogP contribution < -0.4 is 15.4 Å². The molecule has 0 aliphatic carbocycles. The number of ether oxygens (including phenoxy) is 2. The summed E-state index contributed by atoms with van der Waals surface area (Å²) in [5.41, 5.74) is 4.95. The number of imidazole rings is 1. The fourth-order valence-electron chi connectivity index (χ4n) is 5.60. The Kier molecular flexibility index (Phi) is 8.34. The van der Waals surface area contributed by atoms with Crippen LogP contribution in [0.5, 0.6) is 5.88 Å². The normalized spacial score (nSPS) is 18.4. The van der Waals surface area contributed by atoms with Crippen LogP contribution in [0.25, 0.3) is 22.3 Å². The molecule has 0 unspecified atom stereocenters. The molecule has 1 aromatic carbocycles. The Hall–Kier alpha value is -4.03. The van der Waals surface area contributed by atoms with Crippen LogP contribution in [0.2, 0.25) is 0 Å². The fraction of sp³-hybridized carbons (Fsp3) is 0.467. The van der Waals surface area contributed by atoms with Crippen molar-refractivity contribution in [3.05, 3.63) is 47.8 Å². The number of morpholine rings is 1. The molecule has 0 spiro atoms. The summed E-state index contributed by atoms with van der Waals surface area (Å²) in [5.74, 6) is 0.372. The van der Waals surface area contributed by atoms with E-state index >= 15 is 0 Å². The van der Waals surface area contributed by atoms with Crippen molar-refractivity contribution < 1.29 is 18.7 Å². The Balaban J connectivity index is 1.31. The van der Waals surface area contributed by atoms with Crippen molar-refractivity contribution in [2.45, 2.75) is 26.3 Å². The van der Waals surface area contributed by atoms with Crippen molar-refractivity contribution in [3.8, 4) is 17.1 Å². The molecule has 5 heterocycles. The van der Waals surface area contributed by atoms with E-state index < -0.39 is 6.67 Å². The number of benzene rings is 1. The van der Waals surface area contributed by atoms with Gasteiger partial charge in [-0.3, -0.25) is 24.4 Å². The molecule has 0 saturated carbocycles. The molecule has 0 radical (unpaired) electrons. The predicted octanol–water partition coefficient (Wildman–Crippen LogP) is 3.89. The number of rotatable bonds is 5. The lowest BCUT2D eigenvalue weighted by Gasteiger charge is -2.26. The maximum atomic E-state index is 14.3. The number of nitrogens with zero attached hydrogens (tertiary/aromatic N) is 6. The smallest absolute Gasteiger partial charge is 0.258 e. The molecule has 2 bridgehead atoms. The standard InChI is InChI=1S/C30H37FN8O3/c1-20-14-22-15-25(34-20)24-18-33-37(2)29(24)42-11-3-4-21(17-31)19-39-27-6-5-23(16-26(27)35-30(39)36-28(22)40)32-7-8-38-9-12-41-13-10-38/h5-6,14-16,18,21,32H,3-4,7-13,17,19H2,1-2H3,(H,35,36,40)/t21-/m0/s1. The largest absolute Gasteiger partial charge is 0.477 e. The molecule has 6 rings (SSSR count). The molecule has 2 aliphatic heterocycles.